The molecule has 0 aliphatic rings. The second-order valence-electron chi connectivity index (χ2n) is 5.01. The zero-order chi connectivity index (χ0) is 17.3. The minimum absolute atomic E-state index is 0.0887. The second kappa shape index (κ2) is 6.55. The number of nitrogens with zero attached hydrogens (tertiary/aromatic N) is 3. The summed E-state index contributed by atoms with van der Waals surface area (Å²) in [4.78, 5) is 22.9. The number of nitrogens with one attached hydrogen (secondary N) is 1. The van der Waals surface area contributed by atoms with Crippen molar-refractivity contribution in [1.29, 1.82) is 0 Å². The van der Waals surface area contributed by atoms with E-state index in [1.54, 1.807) is 26.0 Å². The quantitative estimate of drug-likeness (QED) is 0.663. The van der Waals surface area contributed by atoms with Crippen LogP contribution in [0.3, 0.4) is 0 Å². The van der Waals surface area contributed by atoms with Gasteiger partial charge in [0.05, 0.1) is 15.6 Å². The molecule has 0 radical (unpaired) electrons. The highest BCUT2D eigenvalue weighted by Gasteiger charge is 2.27. The first kappa shape index (κ1) is 17.2. The van der Waals surface area contributed by atoms with Crippen molar-refractivity contribution >= 4 is 40.5 Å². The van der Waals surface area contributed by atoms with Gasteiger partial charge < -0.3 is 5.32 Å². The minimum atomic E-state index is -0.742. The lowest BCUT2D eigenvalue weighted by Crippen LogP contribution is -2.25. The summed E-state index contributed by atoms with van der Waals surface area (Å²) in [7, 11) is 0. The van der Waals surface area contributed by atoms with Gasteiger partial charge in [0, 0.05) is 5.02 Å². The molecule has 0 spiro atoms. The summed E-state index contributed by atoms with van der Waals surface area (Å²) in [5, 5.41) is 18.5. The number of benzene rings is 1. The van der Waals surface area contributed by atoms with Crippen molar-refractivity contribution in [1.82, 2.24) is 9.78 Å². The SMILES string of the molecule is Cc1nn([C@@H](C)C(=O)Nc2ccc(Cl)cc2Cl)c(C)c1[N+](=O)[O-]. The third-order valence-corrected chi connectivity index (χ3v) is 3.95. The van der Waals surface area contributed by atoms with Crippen LogP contribution in [0.2, 0.25) is 10.0 Å². The number of hydrogen-bond donors (Lipinski definition) is 1. The Morgan fingerprint density at radius 2 is 2.04 bits per heavy atom. The first-order valence-electron chi connectivity index (χ1n) is 6.68. The molecule has 1 amide bonds. The zero-order valence-electron chi connectivity index (χ0n) is 12.6. The monoisotopic (exact) mass is 356 g/mol. The third-order valence-electron chi connectivity index (χ3n) is 3.40. The Kier molecular flexibility index (Phi) is 4.91. The molecule has 1 aromatic heterocycles. The van der Waals surface area contributed by atoms with Crippen LogP contribution in [0.1, 0.15) is 24.4 Å². The van der Waals surface area contributed by atoms with E-state index < -0.39 is 16.9 Å². The molecule has 0 unspecified atom stereocenters. The fourth-order valence-corrected chi connectivity index (χ4v) is 2.69. The molecule has 122 valence electrons. The predicted octanol–water partition coefficient (Wildman–Crippen LogP) is 3.91. The Hall–Kier alpha value is -2.12. The van der Waals surface area contributed by atoms with Gasteiger partial charge in [-0.05, 0) is 39.0 Å². The highest BCUT2D eigenvalue weighted by Crippen LogP contribution is 2.28. The molecule has 0 saturated heterocycles. The van der Waals surface area contributed by atoms with Crippen molar-refractivity contribution in [3.05, 3.63) is 49.7 Å². The fourth-order valence-electron chi connectivity index (χ4n) is 2.23. The van der Waals surface area contributed by atoms with Gasteiger partial charge in [0.2, 0.25) is 5.91 Å². The van der Waals surface area contributed by atoms with Gasteiger partial charge in [0.25, 0.3) is 0 Å². The van der Waals surface area contributed by atoms with Gasteiger partial charge in [-0.25, -0.2) is 0 Å². The lowest BCUT2D eigenvalue weighted by Gasteiger charge is -2.14. The molecule has 1 atom stereocenters. The lowest BCUT2D eigenvalue weighted by atomic mass is 10.2. The van der Waals surface area contributed by atoms with Crippen molar-refractivity contribution in [2.24, 2.45) is 0 Å². The number of hydrogen-bond acceptors (Lipinski definition) is 4. The van der Waals surface area contributed by atoms with Crippen LogP contribution < -0.4 is 5.32 Å². The molecule has 7 nitrogen and oxygen atoms in total. The van der Waals surface area contributed by atoms with Gasteiger partial charge in [-0.3, -0.25) is 19.6 Å². The highest BCUT2D eigenvalue weighted by atomic mass is 35.5. The molecule has 1 heterocycles. The van der Waals surface area contributed by atoms with Crippen molar-refractivity contribution in [3.8, 4) is 0 Å². The molecule has 0 bridgehead atoms. The van der Waals surface area contributed by atoms with E-state index in [9.17, 15) is 14.9 Å². The van der Waals surface area contributed by atoms with Crippen molar-refractivity contribution in [3.63, 3.8) is 0 Å². The summed E-state index contributed by atoms with van der Waals surface area (Å²) in [6.07, 6.45) is 0. The van der Waals surface area contributed by atoms with Crippen molar-refractivity contribution in [2.75, 3.05) is 5.32 Å². The third kappa shape index (κ3) is 3.46. The van der Waals surface area contributed by atoms with Crippen LogP contribution in [0.4, 0.5) is 11.4 Å². The standard InChI is InChI=1S/C14H14Cl2N4O3/c1-7-13(20(22)23)8(2)19(18-7)9(3)14(21)17-12-5-4-10(15)6-11(12)16/h4-6,9H,1-3H3,(H,17,21)/t9-/m0/s1. The molecule has 1 aromatic carbocycles. The maximum Gasteiger partial charge on any atom is 0.312 e. The van der Waals surface area contributed by atoms with Crippen LogP contribution in [0.15, 0.2) is 18.2 Å². The maximum absolute atomic E-state index is 12.4. The summed E-state index contributed by atoms with van der Waals surface area (Å²) >= 11 is 11.8. The number of rotatable bonds is 4. The number of carbonyl (C=O) groups is 1. The molecule has 0 fully saturated rings. The van der Waals surface area contributed by atoms with Gasteiger partial charge in [0.15, 0.2) is 0 Å². The van der Waals surface area contributed by atoms with E-state index in [4.69, 9.17) is 23.2 Å². The number of nitro groups is 1. The smallest absolute Gasteiger partial charge is 0.312 e. The number of anilines is 1. The number of halogens is 2. The van der Waals surface area contributed by atoms with Crippen molar-refractivity contribution < 1.29 is 9.72 Å². The normalized spacial score (nSPS) is 12.0. The molecule has 0 saturated carbocycles. The Bertz CT molecular complexity index is 789. The highest BCUT2D eigenvalue weighted by molar-refractivity contribution is 6.36. The van der Waals surface area contributed by atoms with E-state index in [0.717, 1.165) is 0 Å². The number of aromatic nitrogens is 2. The molecule has 0 aliphatic carbocycles. The Labute approximate surface area is 142 Å². The average molecular weight is 357 g/mol. The molecule has 2 rings (SSSR count). The van der Waals surface area contributed by atoms with Gasteiger partial charge >= 0.3 is 5.69 Å². The Morgan fingerprint density at radius 1 is 1.39 bits per heavy atom. The van der Waals surface area contributed by atoms with Crippen LogP contribution in [0, 0.1) is 24.0 Å². The summed E-state index contributed by atoms with van der Waals surface area (Å²) in [5.74, 6) is -0.394. The number of carbonyl (C=O) groups excluding carboxylic acids is 1. The summed E-state index contributed by atoms with van der Waals surface area (Å²) < 4.78 is 1.33. The average Bonchev–Trinajstić information content (AvgIpc) is 2.76. The molecule has 1 N–H and O–H groups in total. The molecule has 9 heteroatoms. The summed E-state index contributed by atoms with van der Waals surface area (Å²) in [6, 6.07) is 3.95. The Balaban J connectivity index is 2.27. The summed E-state index contributed by atoms with van der Waals surface area (Å²) in [5.41, 5.74) is 0.896. The maximum atomic E-state index is 12.4. The Morgan fingerprint density at radius 3 is 2.57 bits per heavy atom. The van der Waals surface area contributed by atoms with Gasteiger partial charge in [-0.1, -0.05) is 23.2 Å². The van der Waals surface area contributed by atoms with Crippen LogP contribution in [-0.2, 0) is 4.79 Å². The topological polar surface area (TPSA) is 90.1 Å². The van der Waals surface area contributed by atoms with Crippen LogP contribution >= 0.6 is 23.2 Å². The molecular weight excluding hydrogens is 343 g/mol. The summed E-state index contributed by atoms with van der Waals surface area (Å²) in [6.45, 7) is 4.68. The van der Waals surface area contributed by atoms with E-state index in [0.29, 0.717) is 21.4 Å². The molecule has 2 aromatic rings. The van der Waals surface area contributed by atoms with E-state index in [-0.39, 0.29) is 11.4 Å². The van der Waals surface area contributed by atoms with Gasteiger partial charge in [-0.2, -0.15) is 5.10 Å². The number of aryl methyl sites for hydroxylation is 1. The van der Waals surface area contributed by atoms with E-state index in [1.807, 2.05) is 0 Å². The largest absolute Gasteiger partial charge is 0.323 e. The lowest BCUT2D eigenvalue weighted by molar-refractivity contribution is -0.386. The molecule has 0 aliphatic heterocycles. The van der Waals surface area contributed by atoms with Crippen LogP contribution in [0.5, 0.6) is 0 Å². The number of amides is 1. The predicted molar refractivity (Wildman–Crippen MR) is 88.2 cm³/mol. The van der Waals surface area contributed by atoms with Gasteiger partial charge in [-0.15, -0.1) is 0 Å². The first-order chi connectivity index (χ1) is 10.7. The van der Waals surface area contributed by atoms with E-state index >= 15 is 0 Å². The molecular formula is C14H14Cl2N4O3. The van der Waals surface area contributed by atoms with Crippen molar-refractivity contribution in [2.45, 2.75) is 26.8 Å². The fraction of sp³-hybridized carbons (Fsp3) is 0.286. The van der Waals surface area contributed by atoms with Crippen LogP contribution in [-0.4, -0.2) is 20.6 Å². The molecule has 23 heavy (non-hydrogen) atoms. The zero-order valence-corrected chi connectivity index (χ0v) is 14.1. The minimum Gasteiger partial charge on any atom is -0.323 e. The second-order valence-corrected chi connectivity index (χ2v) is 5.85. The van der Waals surface area contributed by atoms with E-state index in [2.05, 4.69) is 10.4 Å². The van der Waals surface area contributed by atoms with E-state index in [1.165, 1.54) is 17.7 Å². The first-order valence-corrected chi connectivity index (χ1v) is 7.44. The van der Waals surface area contributed by atoms with Crippen LogP contribution in [0.25, 0.3) is 0 Å². The van der Waals surface area contributed by atoms with Gasteiger partial charge in [0.1, 0.15) is 17.4 Å².